The summed E-state index contributed by atoms with van der Waals surface area (Å²) in [6, 6.07) is 89.6. The molecule has 8 aromatic carbocycles. The summed E-state index contributed by atoms with van der Waals surface area (Å²) >= 11 is 9.15. The van der Waals surface area contributed by atoms with Crippen LogP contribution in [0.25, 0.3) is 0 Å². The van der Waals surface area contributed by atoms with Gasteiger partial charge in [0.15, 0.2) is 14.5 Å². The molecule has 0 saturated heterocycles. The topological polar surface area (TPSA) is 0 Å². The fourth-order valence-corrected chi connectivity index (χ4v) is 30.0. The molecular formula is C49H40ClP3+2. The molecule has 0 bridgehead atoms. The van der Waals surface area contributed by atoms with Gasteiger partial charge in [0.1, 0.15) is 38.1 Å². The van der Waals surface area contributed by atoms with Crippen molar-refractivity contribution in [1.29, 1.82) is 0 Å². The predicted molar refractivity (Wildman–Crippen MR) is 240 cm³/mol. The van der Waals surface area contributed by atoms with Gasteiger partial charge in [-0.3, -0.25) is 0 Å². The zero-order chi connectivity index (χ0) is 36.0. The molecule has 0 aliphatic carbocycles. The van der Waals surface area contributed by atoms with Gasteiger partial charge in [-0.1, -0.05) is 181 Å². The zero-order valence-electron chi connectivity index (χ0n) is 29.3. The van der Waals surface area contributed by atoms with Crippen molar-refractivity contribution in [1.82, 2.24) is 0 Å². The molecule has 8 rings (SSSR count). The molecule has 0 N–H and O–H groups in total. The van der Waals surface area contributed by atoms with Gasteiger partial charge in [0, 0.05) is 10.6 Å². The lowest BCUT2D eigenvalue weighted by Gasteiger charge is -2.40. The number of hydrogen-bond donors (Lipinski definition) is 0. The average molecular weight is 757 g/mol. The van der Waals surface area contributed by atoms with Gasteiger partial charge in [0.2, 0.25) is 4.78 Å². The zero-order valence-corrected chi connectivity index (χ0v) is 32.8. The van der Waals surface area contributed by atoms with Crippen LogP contribution in [0.3, 0.4) is 0 Å². The van der Waals surface area contributed by atoms with E-state index in [1.807, 2.05) is 0 Å². The van der Waals surface area contributed by atoms with Gasteiger partial charge in [-0.2, -0.15) is 0 Å². The summed E-state index contributed by atoms with van der Waals surface area (Å²) in [6.45, 7) is 0. The van der Waals surface area contributed by atoms with Crippen molar-refractivity contribution in [2.75, 3.05) is 0 Å². The van der Waals surface area contributed by atoms with Crippen LogP contribution >= 0.6 is 32.0 Å². The van der Waals surface area contributed by atoms with Crippen molar-refractivity contribution in [3.8, 4) is 0 Å². The molecule has 256 valence electrons. The van der Waals surface area contributed by atoms with Crippen molar-refractivity contribution >= 4 is 79.2 Å². The van der Waals surface area contributed by atoms with Crippen molar-refractivity contribution in [3.63, 3.8) is 0 Å². The maximum atomic E-state index is 9.15. The largest absolute Gasteiger partial charge is 0.247 e. The van der Waals surface area contributed by atoms with Crippen LogP contribution in [0.1, 0.15) is 0 Å². The molecular weight excluding hydrogens is 717 g/mol. The summed E-state index contributed by atoms with van der Waals surface area (Å²) in [5.74, 6) is 0. The van der Waals surface area contributed by atoms with Crippen molar-refractivity contribution in [2.24, 2.45) is 0 Å². The molecule has 0 spiro atoms. The molecule has 0 nitrogen and oxygen atoms in total. The smallest absolute Gasteiger partial charge is 0.0796 e. The van der Waals surface area contributed by atoms with E-state index in [2.05, 4.69) is 243 Å². The molecule has 0 aromatic heterocycles. The Morgan fingerprint density at radius 3 is 0.623 bits per heavy atom. The molecule has 0 aliphatic rings. The molecule has 53 heavy (non-hydrogen) atoms. The number of rotatable bonds is 10. The summed E-state index contributed by atoms with van der Waals surface area (Å²) in [4.78, 5) is 0. The standard InChI is InChI=1S/C49H40ClP3/c50-53(47-37-21-7-22-38-47,48-39-23-8-24-40-48)49(51(41-25-9-1-10-26-41,42-27-11-2-12-28-42)43-29-13-3-14-30-43)52(44-31-15-4-16-32-44,45-33-17-5-18-34-45)46-35-19-6-20-36-46/h1-40H/q+2. The second-order valence-corrected chi connectivity index (χ2v) is 24.8. The molecule has 8 aromatic rings. The van der Waals surface area contributed by atoms with Gasteiger partial charge < -0.3 is 0 Å². The highest BCUT2D eigenvalue weighted by atomic mass is 35.7. The van der Waals surface area contributed by atoms with Crippen LogP contribution in [0, 0.1) is 0 Å². The van der Waals surface area contributed by atoms with E-state index in [4.69, 9.17) is 11.2 Å². The van der Waals surface area contributed by atoms with Gasteiger partial charge in [0.25, 0.3) is 0 Å². The Balaban J connectivity index is 1.80. The summed E-state index contributed by atoms with van der Waals surface area (Å²) < 4.78 is 1.42. The highest BCUT2D eigenvalue weighted by Gasteiger charge is 2.69. The lowest BCUT2D eigenvalue weighted by molar-refractivity contribution is 1.72. The first-order valence-electron chi connectivity index (χ1n) is 17.9. The van der Waals surface area contributed by atoms with E-state index < -0.39 is 20.8 Å². The summed E-state index contributed by atoms with van der Waals surface area (Å²) in [5, 5.41) is 10.0. The number of benzene rings is 8. The maximum absolute atomic E-state index is 9.15. The van der Waals surface area contributed by atoms with E-state index in [1.165, 1.54) is 36.6 Å². The first-order chi connectivity index (χ1) is 26.2. The van der Waals surface area contributed by atoms with E-state index in [0.717, 1.165) is 10.6 Å². The van der Waals surface area contributed by atoms with Gasteiger partial charge in [-0.05, 0) is 72.8 Å². The molecule has 0 atom stereocenters. The second kappa shape index (κ2) is 15.7. The van der Waals surface area contributed by atoms with E-state index >= 15 is 0 Å². The van der Waals surface area contributed by atoms with Crippen molar-refractivity contribution < 1.29 is 0 Å². The molecule has 4 heteroatoms. The minimum absolute atomic E-state index is 1.15. The Hall–Kier alpha value is -4.79. The van der Waals surface area contributed by atoms with Crippen LogP contribution in [0.15, 0.2) is 243 Å². The quantitative estimate of drug-likeness (QED) is 0.122. The first kappa shape index (κ1) is 35.3. The molecule has 0 unspecified atom stereocenters. The highest BCUT2D eigenvalue weighted by molar-refractivity contribution is 8.43. The van der Waals surface area contributed by atoms with Crippen molar-refractivity contribution in [3.05, 3.63) is 243 Å². The molecule has 0 amide bonds. The lowest BCUT2D eigenvalue weighted by atomic mass is 10.4. The Kier molecular flexibility index (Phi) is 10.4. The third-order valence-electron chi connectivity index (χ3n) is 9.96. The van der Waals surface area contributed by atoms with Gasteiger partial charge in [-0.15, -0.1) is 0 Å². The van der Waals surface area contributed by atoms with Crippen LogP contribution in [-0.4, -0.2) is 4.78 Å². The Labute approximate surface area is 320 Å². The Morgan fingerprint density at radius 2 is 0.434 bits per heavy atom. The predicted octanol–water partition coefficient (Wildman–Crippen LogP) is 9.88. The Morgan fingerprint density at radius 1 is 0.264 bits per heavy atom. The van der Waals surface area contributed by atoms with Crippen LogP contribution in [0.2, 0.25) is 0 Å². The van der Waals surface area contributed by atoms with Gasteiger partial charge in [-0.25, -0.2) is 0 Å². The summed E-state index contributed by atoms with van der Waals surface area (Å²) in [6.07, 6.45) is -3.03. The van der Waals surface area contributed by atoms with E-state index in [9.17, 15) is 0 Å². The summed E-state index contributed by atoms with van der Waals surface area (Å²) in [5.41, 5.74) is 0. The fourth-order valence-electron chi connectivity index (χ4n) is 7.78. The van der Waals surface area contributed by atoms with E-state index in [1.54, 1.807) is 0 Å². The summed E-state index contributed by atoms with van der Waals surface area (Å²) in [7, 11) is -5.70. The van der Waals surface area contributed by atoms with Crippen LogP contribution in [0.5, 0.6) is 0 Å². The van der Waals surface area contributed by atoms with E-state index in [0.29, 0.717) is 0 Å². The number of halogens is 1. The highest BCUT2D eigenvalue weighted by Crippen LogP contribution is 2.81. The average Bonchev–Trinajstić information content (AvgIpc) is 3.26. The molecule has 0 heterocycles. The van der Waals surface area contributed by atoms with Crippen LogP contribution in [-0.2, 0) is 0 Å². The monoisotopic (exact) mass is 756 g/mol. The third-order valence-corrected chi connectivity index (χ3v) is 28.0. The van der Waals surface area contributed by atoms with Gasteiger partial charge >= 0.3 is 0 Å². The minimum Gasteiger partial charge on any atom is -0.0796 e. The molecule has 0 saturated carbocycles. The minimum atomic E-state index is -3.03. The molecule has 0 aliphatic heterocycles. The fraction of sp³-hybridized carbons (Fsp3) is 0. The molecule has 0 radical (unpaired) electrons. The van der Waals surface area contributed by atoms with Gasteiger partial charge in [0.05, 0.1) is 0 Å². The number of hydrogen-bond acceptors (Lipinski definition) is 0. The third kappa shape index (κ3) is 6.15. The Bertz CT molecular complexity index is 2060. The first-order valence-corrected chi connectivity index (χ1v) is 24.2. The second-order valence-electron chi connectivity index (χ2n) is 12.9. The maximum Gasteiger partial charge on any atom is 0.247 e. The lowest BCUT2D eigenvalue weighted by Crippen LogP contribution is -2.46. The van der Waals surface area contributed by atoms with E-state index in [-0.39, 0.29) is 0 Å². The van der Waals surface area contributed by atoms with Crippen LogP contribution in [0.4, 0.5) is 0 Å². The van der Waals surface area contributed by atoms with Crippen LogP contribution < -0.4 is 42.4 Å². The SMILES string of the molecule is ClP(=C([P+](c1ccccc1)(c1ccccc1)c1ccccc1)[P+](c1ccccc1)(c1ccccc1)c1ccccc1)(c1ccccc1)c1ccccc1. The molecule has 0 fully saturated rings. The van der Waals surface area contributed by atoms with Crippen molar-refractivity contribution in [2.45, 2.75) is 0 Å². The normalized spacial score (nSPS) is 11.9.